The van der Waals surface area contributed by atoms with Crippen LogP contribution in [-0.2, 0) is 13.0 Å². The number of carbonyl (C=O) groups is 1. The van der Waals surface area contributed by atoms with Gasteiger partial charge < -0.3 is 5.32 Å². The van der Waals surface area contributed by atoms with Crippen molar-refractivity contribution < 1.29 is 9.18 Å². The number of piperidine rings is 1. The summed E-state index contributed by atoms with van der Waals surface area (Å²) in [6.07, 6.45) is 4.63. The van der Waals surface area contributed by atoms with Crippen LogP contribution in [-0.4, -0.2) is 33.6 Å². The number of halogens is 1. The normalized spacial score (nSPS) is 17.2. The van der Waals surface area contributed by atoms with Gasteiger partial charge in [0, 0.05) is 11.7 Å². The zero-order valence-electron chi connectivity index (χ0n) is 16.1. The van der Waals surface area contributed by atoms with E-state index in [0.29, 0.717) is 23.3 Å². The summed E-state index contributed by atoms with van der Waals surface area (Å²) in [4.78, 5) is 14.9. The predicted molar refractivity (Wildman–Crippen MR) is 112 cm³/mol. The van der Waals surface area contributed by atoms with Crippen molar-refractivity contribution in [3.8, 4) is 0 Å². The number of hydrogen-bond acceptors (Lipinski definition) is 5. The largest absolute Gasteiger partial charge is 0.320 e. The maximum atomic E-state index is 13.0. The first kappa shape index (κ1) is 19.7. The second-order valence-corrected chi connectivity index (χ2v) is 8.33. The van der Waals surface area contributed by atoms with Crippen molar-refractivity contribution in [2.24, 2.45) is 0 Å². The maximum Gasteiger partial charge on any atom is 0.286 e. The number of hydrogen-bond donors (Lipinski definition) is 1. The minimum Gasteiger partial charge on any atom is -0.320 e. The Morgan fingerprint density at radius 1 is 1.10 bits per heavy atom. The van der Waals surface area contributed by atoms with E-state index in [1.54, 1.807) is 0 Å². The average Bonchev–Trinajstić information content (AvgIpc) is 3.21. The van der Waals surface area contributed by atoms with Gasteiger partial charge in [0.15, 0.2) is 0 Å². The van der Waals surface area contributed by atoms with Gasteiger partial charge in [0.25, 0.3) is 5.91 Å². The van der Waals surface area contributed by atoms with Gasteiger partial charge in [-0.1, -0.05) is 48.1 Å². The van der Waals surface area contributed by atoms with E-state index in [4.69, 9.17) is 0 Å². The van der Waals surface area contributed by atoms with Crippen LogP contribution in [0.2, 0.25) is 0 Å². The number of rotatable bonds is 6. The van der Waals surface area contributed by atoms with E-state index in [-0.39, 0.29) is 11.7 Å². The van der Waals surface area contributed by atoms with Gasteiger partial charge in [0.1, 0.15) is 10.8 Å². The van der Waals surface area contributed by atoms with Gasteiger partial charge in [0.05, 0.1) is 6.54 Å². The third-order valence-electron chi connectivity index (χ3n) is 5.16. The number of carbonyl (C=O) groups excluding carboxylic acids is 1. The van der Waals surface area contributed by atoms with Crippen molar-refractivity contribution in [3.63, 3.8) is 0 Å². The molecule has 7 heteroatoms. The van der Waals surface area contributed by atoms with Crippen molar-refractivity contribution in [1.82, 2.24) is 15.1 Å². The number of aromatic nitrogens is 2. The van der Waals surface area contributed by atoms with Crippen molar-refractivity contribution in [2.75, 3.05) is 11.9 Å². The second-order valence-electron chi connectivity index (χ2n) is 7.27. The topological polar surface area (TPSA) is 58.1 Å². The van der Waals surface area contributed by atoms with E-state index in [1.807, 2.05) is 6.07 Å². The molecule has 0 spiro atoms. The predicted octanol–water partition coefficient (Wildman–Crippen LogP) is 4.53. The minimum absolute atomic E-state index is 0.320. The lowest BCUT2D eigenvalue weighted by Gasteiger charge is -2.35. The summed E-state index contributed by atoms with van der Waals surface area (Å²) in [6.45, 7) is 1.74. The van der Waals surface area contributed by atoms with Crippen LogP contribution in [0.4, 0.5) is 10.1 Å². The van der Waals surface area contributed by atoms with E-state index in [9.17, 15) is 9.18 Å². The Labute approximate surface area is 173 Å². The Kier molecular flexibility index (Phi) is 6.27. The Bertz CT molecular complexity index is 945. The first-order chi connectivity index (χ1) is 14.2. The summed E-state index contributed by atoms with van der Waals surface area (Å²) in [5.41, 5.74) is 1.88. The summed E-state index contributed by atoms with van der Waals surface area (Å²) in [5, 5.41) is 12.2. The summed E-state index contributed by atoms with van der Waals surface area (Å²) in [6, 6.07) is 16.7. The highest BCUT2D eigenvalue weighted by atomic mass is 32.1. The number of amides is 1. The van der Waals surface area contributed by atoms with Crippen LogP contribution in [0.15, 0.2) is 54.6 Å². The molecule has 0 aliphatic carbocycles. The lowest BCUT2D eigenvalue weighted by Crippen LogP contribution is -2.40. The first-order valence-corrected chi connectivity index (χ1v) is 10.7. The quantitative estimate of drug-likeness (QED) is 0.649. The monoisotopic (exact) mass is 410 g/mol. The molecule has 4 rings (SSSR count). The SMILES string of the molecule is O=C(Nc1ccc(F)cc1)c1nnc(CN2CCCCC2Cc2ccccc2)s1. The lowest BCUT2D eigenvalue weighted by molar-refractivity contribution is 0.102. The number of nitrogens with zero attached hydrogens (tertiary/aromatic N) is 3. The van der Waals surface area contributed by atoms with Crippen LogP contribution in [0.5, 0.6) is 0 Å². The van der Waals surface area contributed by atoms with Gasteiger partial charge in [-0.25, -0.2) is 4.39 Å². The zero-order valence-corrected chi connectivity index (χ0v) is 16.9. The van der Waals surface area contributed by atoms with Gasteiger partial charge in [0.2, 0.25) is 5.01 Å². The van der Waals surface area contributed by atoms with E-state index in [2.05, 4.69) is 44.7 Å². The standard InChI is InChI=1S/C22H23FN4OS/c23-17-9-11-18(12-10-17)24-21(28)22-26-25-20(29-22)15-27-13-5-4-8-19(27)14-16-6-2-1-3-7-16/h1-3,6-7,9-12,19H,4-5,8,13-15H2,(H,24,28). The fourth-order valence-corrected chi connectivity index (χ4v) is 4.45. The molecule has 0 radical (unpaired) electrons. The van der Waals surface area contributed by atoms with Crippen LogP contribution in [0.25, 0.3) is 0 Å². The first-order valence-electron chi connectivity index (χ1n) is 9.84. The fraction of sp³-hybridized carbons (Fsp3) is 0.318. The molecule has 150 valence electrons. The van der Waals surface area contributed by atoms with Crippen LogP contribution >= 0.6 is 11.3 Å². The van der Waals surface area contributed by atoms with Crippen molar-refractivity contribution in [1.29, 1.82) is 0 Å². The molecule has 1 saturated heterocycles. The summed E-state index contributed by atoms with van der Waals surface area (Å²) in [5.74, 6) is -0.660. The van der Waals surface area contributed by atoms with E-state index >= 15 is 0 Å². The number of anilines is 1. The minimum atomic E-state index is -0.340. The molecule has 1 fully saturated rings. The molecule has 0 bridgehead atoms. The summed E-state index contributed by atoms with van der Waals surface area (Å²) < 4.78 is 13.0. The molecule has 3 aromatic rings. The molecule has 1 aromatic heterocycles. The van der Waals surface area contributed by atoms with Crippen LogP contribution in [0.3, 0.4) is 0 Å². The smallest absolute Gasteiger partial charge is 0.286 e. The van der Waals surface area contributed by atoms with Crippen LogP contribution in [0.1, 0.15) is 39.6 Å². The number of benzene rings is 2. The highest BCUT2D eigenvalue weighted by Gasteiger charge is 2.24. The molecule has 5 nitrogen and oxygen atoms in total. The van der Waals surface area contributed by atoms with Gasteiger partial charge in [-0.2, -0.15) is 0 Å². The molecule has 2 aromatic carbocycles. The van der Waals surface area contributed by atoms with E-state index in [1.165, 1.54) is 60.4 Å². The molecular weight excluding hydrogens is 387 g/mol. The Morgan fingerprint density at radius 3 is 2.69 bits per heavy atom. The van der Waals surface area contributed by atoms with E-state index < -0.39 is 0 Å². The summed E-state index contributed by atoms with van der Waals surface area (Å²) >= 11 is 1.32. The molecule has 0 saturated carbocycles. The maximum absolute atomic E-state index is 13.0. The molecule has 1 N–H and O–H groups in total. The van der Waals surface area contributed by atoms with Crippen LogP contribution in [0, 0.1) is 5.82 Å². The Morgan fingerprint density at radius 2 is 1.90 bits per heavy atom. The molecule has 1 aliphatic heterocycles. The molecule has 29 heavy (non-hydrogen) atoms. The Balaban J connectivity index is 1.39. The second kappa shape index (κ2) is 9.24. The van der Waals surface area contributed by atoms with Gasteiger partial charge in [-0.3, -0.25) is 9.69 Å². The average molecular weight is 411 g/mol. The molecule has 1 unspecified atom stereocenters. The van der Waals surface area contributed by atoms with Crippen molar-refractivity contribution in [3.05, 3.63) is 76.0 Å². The highest BCUT2D eigenvalue weighted by molar-refractivity contribution is 7.13. The zero-order chi connectivity index (χ0) is 20.1. The van der Waals surface area contributed by atoms with Crippen LogP contribution < -0.4 is 5.32 Å². The van der Waals surface area contributed by atoms with Gasteiger partial charge in [-0.05, 0) is 55.6 Å². The van der Waals surface area contributed by atoms with Gasteiger partial charge in [-0.15, -0.1) is 10.2 Å². The fourth-order valence-electron chi connectivity index (χ4n) is 3.69. The number of nitrogens with one attached hydrogen (secondary N) is 1. The third-order valence-corrected chi connectivity index (χ3v) is 6.07. The molecule has 2 heterocycles. The summed E-state index contributed by atoms with van der Waals surface area (Å²) in [7, 11) is 0. The highest BCUT2D eigenvalue weighted by Crippen LogP contribution is 2.24. The van der Waals surface area contributed by atoms with Crippen molar-refractivity contribution >= 4 is 22.9 Å². The van der Waals surface area contributed by atoms with Crippen molar-refractivity contribution in [2.45, 2.75) is 38.3 Å². The molecular formula is C22H23FN4OS. The van der Waals surface area contributed by atoms with Gasteiger partial charge >= 0.3 is 0 Å². The molecule has 1 aliphatic rings. The van der Waals surface area contributed by atoms with E-state index in [0.717, 1.165) is 18.0 Å². The third kappa shape index (κ3) is 5.25. The lowest BCUT2D eigenvalue weighted by atomic mass is 9.96. The molecule has 1 amide bonds. The Hall–Kier alpha value is -2.64. The molecule has 1 atom stereocenters. The number of likely N-dealkylation sites (tertiary alicyclic amines) is 1.